The molecule has 0 radical (unpaired) electrons. The molecule has 1 aromatic rings. The van der Waals surface area contributed by atoms with E-state index in [1.54, 1.807) is 12.1 Å². The highest BCUT2D eigenvalue weighted by Gasteiger charge is 2.45. The van der Waals surface area contributed by atoms with Crippen molar-refractivity contribution in [2.45, 2.75) is 18.9 Å². The molecular weight excluding hydrogens is 494 g/mol. The number of fused-ring (bicyclic) bond motifs is 1. The Bertz CT molecular complexity index is 1010. The van der Waals surface area contributed by atoms with Gasteiger partial charge in [-0.05, 0) is 18.6 Å². The molecule has 0 bridgehead atoms. The minimum absolute atomic E-state index is 0. The van der Waals surface area contributed by atoms with Crippen LogP contribution in [0.1, 0.15) is 39.1 Å². The SMILES string of the molecule is Cl.NCCOCCOCCOCCOCC#Cc1cccc2c1C(=O)N(C1CCC(=O)NC1=O)C2=O. The van der Waals surface area contributed by atoms with Crippen molar-refractivity contribution in [3.63, 3.8) is 0 Å². The van der Waals surface area contributed by atoms with E-state index < -0.39 is 29.7 Å². The van der Waals surface area contributed by atoms with Crippen LogP contribution in [0.15, 0.2) is 18.2 Å². The van der Waals surface area contributed by atoms with Gasteiger partial charge in [0.2, 0.25) is 11.8 Å². The normalized spacial score (nSPS) is 16.8. The van der Waals surface area contributed by atoms with Crippen molar-refractivity contribution in [2.75, 3.05) is 59.4 Å². The highest BCUT2D eigenvalue weighted by molar-refractivity contribution is 6.24. The smallest absolute Gasteiger partial charge is 0.263 e. The minimum atomic E-state index is -1.01. The van der Waals surface area contributed by atoms with Crippen molar-refractivity contribution in [1.29, 1.82) is 0 Å². The minimum Gasteiger partial charge on any atom is -0.378 e. The quantitative estimate of drug-likeness (QED) is 0.205. The third-order valence-corrected chi connectivity index (χ3v) is 5.24. The van der Waals surface area contributed by atoms with E-state index in [9.17, 15) is 19.2 Å². The highest BCUT2D eigenvalue weighted by atomic mass is 35.5. The molecule has 11 nitrogen and oxygen atoms in total. The maximum absolute atomic E-state index is 13.0. The topological polar surface area (TPSA) is 146 Å². The Hall–Kier alpha value is -2.85. The highest BCUT2D eigenvalue weighted by Crippen LogP contribution is 2.29. The van der Waals surface area contributed by atoms with Crippen molar-refractivity contribution < 1.29 is 38.1 Å². The Labute approximate surface area is 215 Å². The Kier molecular flexibility index (Phi) is 12.5. The number of imide groups is 2. The third-order valence-electron chi connectivity index (χ3n) is 5.24. The summed E-state index contributed by atoms with van der Waals surface area (Å²) in [7, 11) is 0. The Balaban J connectivity index is 0.00000456. The van der Waals surface area contributed by atoms with Crippen LogP contribution in [-0.4, -0.2) is 94.0 Å². The molecule has 1 atom stereocenters. The summed E-state index contributed by atoms with van der Waals surface area (Å²) in [5.74, 6) is 3.47. The zero-order valence-corrected chi connectivity index (χ0v) is 20.6. The number of carbonyl (C=O) groups is 4. The standard InChI is InChI=1S/C24H29N3O8.ClH/c25-8-10-33-12-14-35-16-15-34-13-11-32-9-2-4-17-3-1-5-18-21(17)24(31)27(23(18)30)19-6-7-20(28)26-22(19)29;/h1,3,5,19H,6-16,25H2,(H,26,28,29);1H. The van der Waals surface area contributed by atoms with Crippen molar-refractivity contribution in [2.24, 2.45) is 5.73 Å². The van der Waals surface area contributed by atoms with E-state index in [4.69, 9.17) is 24.7 Å². The largest absolute Gasteiger partial charge is 0.378 e. The summed E-state index contributed by atoms with van der Waals surface area (Å²) in [5, 5.41) is 2.18. The second kappa shape index (κ2) is 15.3. The summed E-state index contributed by atoms with van der Waals surface area (Å²) < 4.78 is 21.3. The van der Waals surface area contributed by atoms with E-state index in [0.717, 1.165) is 4.90 Å². The van der Waals surface area contributed by atoms with Gasteiger partial charge < -0.3 is 24.7 Å². The first kappa shape index (κ1) is 29.4. The van der Waals surface area contributed by atoms with Gasteiger partial charge in [0.1, 0.15) is 12.6 Å². The third kappa shape index (κ3) is 7.83. The van der Waals surface area contributed by atoms with Crippen LogP contribution in [0.5, 0.6) is 0 Å². The molecule has 2 aliphatic heterocycles. The number of hydrogen-bond acceptors (Lipinski definition) is 9. The molecule has 4 amide bonds. The number of amides is 4. The lowest BCUT2D eigenvalue weighted by molar-refractivity contribution is -0.136. The van der Waals surface area contributed by atoms with Crippen molar-refractivity contribution in [3.8, 4) is 11.8 Å². The molecule has 3 N–H and O–H groups in total. The van der Waals surface area contributed by atoms with Gasteiger partial charge in [-0.1, -0.05) is 17.9 Å². The second-order valence-electron chi connectivity index (χ2n) is 7.66. The average Bonchev–Trinajstić information content (AvgIpc) is 3.10. The Morgan fingerprint density at radius 1 is 0.917 bits per heavy atom. The molecule has 36 heavy (non-hydrogen) atoms. The number of benzene rings is 1. The van der Waals surface area contributed by atoms with Crippen molar-refractivity contribution in [1.82, 2.24) is 10.2 Å². The monoisotopic (exact) mass is 523 g/mol. The fraction of sp³-hybridized carbons (Fsp3) is 0.500. The number of ether oxygens (including phenoxy) is 4. The number of nitrogens with zero attached hydrogens (tertiary/aromatic N) is 1. The van der Waals surface area contributed by atoms with Gasteiger partial charge in [0.15, 0.2) is 0 Å². The molecule has 1 aromatic carbocycles. The van der Waals surface area contributed by atoms with Crippen LogP contribution in [-0.2, 0) is 28.5 Å². The lowest BCUT2D eigenvalue weighted by Crippen LogP contribution is -2.54. The molecule has 196 valence electrons. The molecule has 0 spiro atoms. The molecule has 1 fully saturated rings. The molecule has 1 saturated heterocycles. The zero-order valence-electron chi connectivity index (χ0n) is 19.8. The number of rotatable bonds is 13. The maximum atomic E-state index is 13.0. The Morgan fingerprint density at radius 2 is 1.56 bits per heavy atom. The number of carbonyl (C=O) groups excluding carboxylic acids is 4. The van der Waals surface area contributed by atoms with Crippen LogP contribution in [0.3, 0.4) is 0 Å². The summed E-state index contributed by atoms with van der Waals surface area (Å²) in [5.41, 5.74) is 6.04. The van der Waals surface area contributed by atoms with Crippen LogP contribution >= 0.6 is 12.4 Å². The average molecular weight is 524 g/mol. The first-order valence-electron chi connectivity index (χ1n) is 11.4. The first-order valence-corrected chi connectivity index (χ1v) is 11.4. The number of nitrogens with one attached hydrogen (secondary N) is 1. The molecule has 2 heterocycles. The summed E-state index contributed by atoms with van der Waals surface area (Å²) >= 11 is 0. The van der Waals surface area contributed by atoms with Crippen molar-refractivity contribution in [3.05, 3.63) is 34.9 Å². The van der Waals surface area contributed by atoms with Gasteiger partial charge in [0.05, 0.1) is 57.4 Å². The van der Waals surface area contributed by atoms with Gasteiger partial charge >= 0.3 is 0 Å². The zero-order chi connectivity index (χ0) is 25.0. The lowest BCUT2D eigenvalue weighted by atomic mass is 10.0. The lowest BCUT2D eigenvalue weighted by Gasteiger charge is -2.27. The van der Waals surface area contributed by atoms with E-state index >= 15 is 0 Å². The Morgan fingerprint density at radius 3 is 2.19 bits per heavy atom. The fourth-order valence-corrected chi connectivity index (χ4v) is 3.62. The van der Waals surface area contributed by atoms with Gasteiger partial charge in [-0.15, -0.1) is 12.4 Å². The van der Waals surface area contributed by atoms with Crippen LogP contribution in [0.25, 0.3) is 0 Å². The number of halogens is 1. The number of piperidine rings is 1. The molecule has 2 aliphatic rings. The summed E-state index contributed by atoms with van der Waals surface area (Å²) in [4.78, 5) is 50.3. The molecule has 0 aliphatic carbocycles. The molecule has 0 aromatic heterocycles. The molecule has 1 unspecified atom stereocenters. The van der Waals surface area contributed by atoms with Gasteiger partial charge in [0.25, 0.3) is 11.8 Å². The summed E-state index contributed by atoms with van der Waals surface area (Å²) in [6, 6.07) is 3.77. The van der Waals surface area contributed by atoms with Gasteiger partial charge in [0, 0.05) is 18.5 Å². The summed E-state index contributed by atoms with van der Waals surface area (Å²) in [6.07, 6.45) is 0.164. The van der Waals surface area contributed by atoms with E-state index in [2.05, 4.69) is 17.2 Å². The predicted molar refractivity (Wildman–Crippen MR) is 130 cm³/mol. The second-order valence-corrected chi connectivity index (χ2v) is 7.66. The first-order chi connectivity index (χ1) is 17.0. The number of hydrogen-bond donors (Lipinski definition) is 2. The van der Waals surface area contributed by atoms with E-state index in [1.165, 1.54) is 6.07 Å². The van der Waals surface area contributed by atoms with Gasteiger partial charge in [-0.25, -0.2) is 0 Å². The van der Waals surface area contributed by atoms with Crippen LogP contribution < -0.4 is 11.1 Å². The van der Waals surface area contributed by atoms with E-state index in [-0.39, 0.29) is 43.0 Å². The maximum Gasteiger partial charge on any atom is 0.263 e. The molecule has 0 saturated carbocycles. The summed E-state index contributed by atoms with van der Waals surface area (Å²) in [6.45, 7) is 3.70. The van der Waals surface area contributed by atoms with Gasteiger partial charge in [-0.2, -0.15) is 0 Å². The fourth-order valence-electron chi connectivity index (χ4n) is 3.62. The molecule has 12 heteroatoms. The molecule has 3 rings (SSSR count). The molecular formula is C24H30ClN3O8. The van der Waals surface area contributed by atoms with Crippen LogP contribution in [0.2, 0.25) is 0 Å². The van der Waals surface area contributed by atoms with E-state index in [1.807, 2.05) is 0 Å². The van der Waals surface area contributed by atoms with Crippen molar-refractivity contribution >= 4 is 36.0 Å². The van der Waals surface area contributed by atoms with E-state index in [0.29, 0.717) is 58.4 Å². The van der Waals surface area contributed by atoms with Crippen LogP contribution in [0.4, 0.5) is 0 Å². The van der Waals surface area contributed by atoms with Gasteiger partial charge in [-0.3, -0.25) is 29.4 Å². The predicted octanol–water partition coefficient (Wildman–Crippen LogP) is -0.114. The van der Waals surface area contributed by atoms with Crippen LogP contribution in [0, 0.1) is 11.8 Å². The number of nitrogens with two attached hydrogens (primary N) is 1.